The van der Waals surface area contributed by atoms with Crippen LogP contribution >= 0.6 is 0 Å². The molecular formula is C25H28N4O3. The van der Waals surface area contributed by atoms with Crippen molar-refractivity contribution in [2.75, 3.05) is 49.6 Å². The summed E-state index contributed by atoms with van der Waals surface area (Å²) in [5, 5.41) is 2.89. The van der Waals surface area contributed by atoms with Gasteiger partial charge in [-0.1, -0.05) is 0 Å². The van der Waals surface area contributed by atoms with Crippen molar-refractivity contribution in [1.82, 2.24) is 9.47 Å². The van der Waals surface area contributed by atoms with Crippen LogP contribution in [0.15, 0.2) is 73.1 Å². The lowest BCUT2D eigenvalue weighted by Crippen LogP contribution is -2.38. The van der Waals surface area contributed by atoms with Crippen LogP contribution in [-0.4, -0.2) is 60.7 Å². The van der Waals surface area contributed by atoms with Crippen LogP contribution in [0, 0.1) is 0 Å². The highest BCUT2D eigenvalue weighted by atomic mass is 16.5. The zero-order chi connectivity index (χ0) is 22.3. The highest BCUT2D eigenvalue weighted by Gasteiger charge is 2.18. The van der Waals surface area contributed by atoms with E-state index in [0.717, 1.165) is 37.7 Å². The second-order valence-electron chi connectivity index (χ2n) is 7.65. The SMILES string of the molecule is CCN(CC(=O)Nc1ccc(N2CCOCC2)cc1)C(=O)c1ccc(-n2cccc2)cc1. The summed E-state index contributed by atoms with van der Waals surface area (Å²) in [5.41, 5.74) is 3.37. The zero-order valence-electron chi connectivity index (χ0n) is 18.2. The summed E-state index contributed by atoms with van der Waals surface area (Å²) >= 11 is 0. The summed E-state index contributed by atoms with van der Waals surface area (Å²) in [6, 6.07) is 19.1. The molecule has 1 fully saturated rings. The van der Waals surface area contributed by atoms with Crippen molar-refractivity contribution in [1.29, 1.82) is 0 Å². The number of hydrogen-bond acceptors (Lipinski definition) is 4. The van der Waals surface area contributed by atoms with Crippen LogP contribution in [0.2, 0.25) is 0 Å². The largest absolute Gasteiger partial charge is 0.378 e. The predicted molar refractivity (Wildman–Crippen MR) is 125 cm³/mol. The Bertz CT molecular complexity index is 1020. The number of benzene rings is 2. The van der Waals surface area contributed by atoms with Gasteiger partial charge in [0.25, 0.3) is 5.91 Å². The molecule has 166 valence electrons. The minimum Gasteiger partial charge on any atom is -0.378 e. The topological polar surface area (TPSA) is 66.8 Å². The summed E-state index contributed by atoms with van der Waals surface area (Å²) in [6.45, 7) is 5.51. The van der Waals surface area contributed by atoms with Gasteiger partial charge in [0, 0.05) is 54.7 Å². The molecule has 1 saturated heterocycles. The predicted octanol–water partition coefficient (Wildman–Crippen LogP) is 3.41. The maximum Gasteiger partial charge on any atom is 0.254 e. The summed E-state index contributed by atoms with van der Waals surface area (Å²) < 4.78 is 7.36. The zero-order valence-corrected chi connectivity index (χ0v) is 18.2. The van der Waals surface area contributed by atoms with Crippen LogP contribution in [0.3, 0.4) is 0 Å². The molecule has 7 heteroatoms. The maximum atomic E-state index is 12.9. The third-order valence-electron chi connectivity index (χ3n) is 5.55. The van der Waals surface area contributed by atoms with Gasteiger partial charge in [-0.25, -0.2) is 0 Å². The molecule has 0 aliphatic carbocycles. The van der Waals surface area contributed by atoms with Gasteiger partial charge < -0.3 is 24.4 Å². The quantitative estimate of drug-likeness (QED) is 0.621. The van der Waals surface area contributed by atoms with Crippen molar-refractivity contribution in [2.45, 2.75) is 6.92 Å². The lowest BCUT2D eigenvalue weighted by molar-refractivity contribution is -0.116. The number of anilines is 2. The number of amides is 2. The fraction of sp³-hybridized carbons (Fsp3) is 0.280. The molecule has 2 aromatic carbocycles. The number of hydrogen-bond donors (Lipinski definition) is 1. The number of nitrogens with zero attached hydrogens (tertiary/aromatic N) is 3. The van der Waals surface area contributed by atoms with Crippen LogP contribution < -0.4 is 10.2 Å². The molecule has 0 saturated carbocycles. The van der Waals surface area contributed by atoms with E-state index in [4.69, 9.17) is 4.74 Å². The van der Waals surface area contributed by atoms with Crippen molar-refractivity contribution in [2.24, 2.45) is 0 Å². The Morgan fingerprint density at radius 2 is 1.56 bits per heavy atom. The molecule has 4 rings (SSSR count). The highest BCUT2D eigenvalue weighted by molar-refractivity contribution is 5.99. The van der Waals surface area contributed by atoms with Crippen LogP contribution in [0.4, 0.5) is 11.4 Å². The fourth-order valence-electron chi connectivity index (χ4n) is 3.74. The first-order valence-corrected chi connectivity index (χ1v) is 10.9. The summed E-state index contributed by atoms with van der Waals surface area (Å²) in [5.74, 6) is -0.382. The number of aromatic nitrogens is 1. The van der Waals surface area contributed by atoms with Crippen LogP contribution in [-0.2, 0) is 9.53 Å². The molecule has 3 aromatic rings. The Kier molecular flexibility index (Phi) is 6.87. The Balaban J connectivity index is 1.34. The summed E-state index contributed by atoms with van der Waals surface area (Å²) in [6.07, 6.45) is 3.90. The second kappa shape index (κ2) is 10.2. The lowest BCUT2D eigenvalue weighted by atomic mass is 10.1. The van der Waals surface area contributed by atoms with Gasteiger partial charge in [-0.05, 0) is 67.6 Å². The smallest absolute Gasteiger partial charge is 0.254 e. The minimum atomic E-state index is -0.219. The molecule has 0 unspecified atom stereocenters. The van der Waals surface area contributed by atoms with E-state index in [9.17, 15) is 9.59 Å². The fourth-order valence-corrected chi connectivity index (χ4v) is 3.74. The molecule has 32 heavy (non-hydrogen) atoms. The van der Waals surface area contributed by atoms with Crippen molar-refractivity contribution < 1.29 is 14.3 Å². The number of carbonyl (C=O) groups excluding carboxylic acids is 2. The van der Waals surface area contributed by atoms with E-state index in [1.807, 2.05) is 72.4 Å². The standard InChI is InChI=1S/C25H28N4O3/c1-2-27(25(31)20-5-9-22(10-6-20)28-13-3-4-14-28)19-24(30)26-21-7-11-23(12-8-21)29-15-17-32-18-16-29/h3-14H,2,15-19H2,1H3,(H,26,30). The number of nitrogens with one attached hydrogen (secondary N) is 1. The molecule has 1 N–H and O–H groups in total. The molecule has 0 atom stereocenters. The molecular weight excluding hydrogens is 404 g/mol. The number of likely N-dealkylation sites (N-methyl/N-ethyl adjacent to an activating group) is 1. The van der Waals surface area contributed by atoms with E-state index < -0.39 is 0 Å². The van der Waals surface area contributed by atoms with Crippen molar-refractivity contribution >= 4 is 23.2 Å². The molecule has 0 bridgehead atoms. The Morgan fingerprint density at radius 3 is 2.19 bits per heavy atom. The Labute approximate surface area is 188 Å². The monoisotopic (exact) mass is 432 g/mol. The number of carbonyl (C=O) groups is 2. The molecule has 7 nitrogen and oxygen atoms in total. The van der Waals surface area contributed by atoms with E-state index in [0.29, 0.717) is 17.8 Å². The minimum absolute atomic E-state index is 0.0000986. The molecule has 0 spiro atoms. The van der Waals surface area contributed by atoms with Crippen molar-refractivity contribution in [3.8, 4) is 5.69 Å². The number of rotatable bonds is 7. The third kappa shape index (κ3) is 5.18. The van der Waals surface area contributed by atoms with Gasteiger partial charge in [0.2, 0.25) is 5.91 Å². The lowest BCUT2D eigenvalue weighted by Gasteiger charge is -2.29. The highest BCUT2D eigenvalue weighted by Crippen LogP contribution is 2.19. The molecule has 2 heterocycles. The van der Waals surface area contributed by atoms with Crippen molar-refractivity contribution in [3.05, 3.63) is 78.6 Å². The maximum absolute atomic E-state index is 12.9. The molecule has 1 aliphatic heterocycles. The van der Waals surface area contributed by atoms with Crippen LogP contribution in [0.1, 0.15) is 17.3 Å². The third-order valence-corrected chi connectivity index (χ3v) is 5.55. The molecule has 2 amide bonds. The van der Waals surface area contributed by atoms with Crippen LogP contribution in [0.25, 0.3) is 5.69 Å². The van der Waals surface area contributed by atoms with E-state index >= 15 is 0 Å². The van der Waals surface area contributed by atoms with E-state index in [1.165, 1.54) is 0 Å². The average molecular weight is 433 g/mol. The van der Waals surface area contributed by atoms with Gasteiger partial charge in [0.15, 0.2) is 0 Å². The number of morpholine rings is 1. The first-order chi connectivity index (χ1) is 15.6. The van der Waals surface area contributed by atoms with Gasteiger partial charge in [0.1, 0.15) is 6.54 Å². The summed E-state index contributed by atoms with van der Waals surface area (Å²) in [7, 11) is 0. The van der Waals surface area contributed by atoms with Gasteiger partial charge in [-0.15, -0.1) is 0 Å². The molecule has 0 radical (unpaired) electrons. The van der Waals surface area contributed by atoms with Gasteiger partial charge in [-0.2, -0.15) is 0 Å². The Morgan fingerprint density at radius 1 is 0.938 bits per heavy atom. The van der Waals surface area contributed by atoms with E-state index in [-0.39, 0.29) is 18.4 Å². The first-order valence-electron chi connectivity index (χ1n) is 10.9. The molecule has 1 aromatic heterocycles. The first kappa shape index (κ1) is 21.6. The van der Waals surface area contributed by atoms with E-state index in [1.54, 1.807) is 17.0 Å². The normalized spacial score (nSPS) is 13.6. The van der Waals surface area contributed by atoms with E-state index in [2.05, 4.69) is 10.2 Å². The average Bonchev–Trinajstić information content (AvgIpc) is 3.38. The number of ether oxygens (including phenoxy) is 1. The second-order valence-corrected chi connectivity index (χ2v) is 7.65. The Hall–Kier alpha value is -3.58. The van der Waals surface area contributed by atoms with Gasteiger partial charge >= 0.3 is 0 Å². The molecule has 1 aliphatic rings. The van der Waals surface area contributed by atoms with Crippen LogP contribution in [0.5, 0.6) is 0 Å². The van der Waals surface area contributed by atoms with Crippen molar-refractivity contribution in [3.63, 3.8) is 0 Å². The summed E-state index contributed by atoms with van der Waals surface area (Å²) in [4.78, 5) is 29.3. The van der Waals surface area contributed by atoms with Gasteiger partial charge in [-0.3, -0.25) is 9.59 Å². The van der Waals surface area contributed by atoms with Gasteiger partial charge in [0.05, 0.1) is 13.2 Å².